The van der Waals surface area contributed by atoms with E-state index in [9.17, 15) is 23.2 Å². The topological polar surface area (TPSA) is 140 Å². The van der Waals surface area contributed by atoms with Gasteiger partial charge in [-0.1, -0.05) is 18.5 Å². The molecule has 1 fully saturated rings. The van der Waals surface area contributed by atoms with Crippen molar-refractivity contribution >= 4 is 46.0 Å². The molecule has 0 bridgehead atoms. The maximum atomic E-state index is 14.2. The van der Waals surface area contributed by atoms with Gasteiger partial charge >= 0.3 is 11.1 Å². The molecular formula is C23H27ClF2N8O3. The molecular weight excluding hydrogens is 510 g/mol. The third-order valence-electron chi connectivity index (χ3n) is 6.54. The number of benzene rings is 1. The molecule has 14 heteroatoms. The number of hydrogen-bond acceptors (Lipinski definition) is 8. The van der Waals surface area contributed by atoms with Crippen molar-refractivity contribution < 1.29 is 13.6 Å². The first kappa shape index (κ1) is 26.5. The van der Waals surface area contributed by atoms with E-state index in [4.69, 9.17) is 17.3 Å². The molecule has 1 aliphatic heterocycles. The Balaban J connectivity index is 1.69. The van der Waals surface area contributed by atoms with Crippen LogP contribution in [0.5, 0.6) is 0 Å². The third kappa shape index (κ3) is 5.01. The fourth-order valence-electron chi connectivity index (χ4n) is 4.29. The SMILES string of the molecule is CNC(=O)CCn1c(=O)c(=O)n(C)c2ccc(Nc3nc(N4CC(C)C(F)(F)C(N)C4)ncc3Cl)cc21. The molecule has 0 spiro atoms. The quantitative estimate of drug-likeness (QED) is 0.402. The number of anilines is 3. The number of aromatic nitrogens is 4. The summed E-state index contributed by atoms with van der Waals surface area (Å²) >= 11 is 6.31. The molecule has 2 aromatic heterocycles. The summed E-state index contributed by atoms with van der Waals surface area (Å²) in [4.78, 5) is 47.1. The highest BCUT2D eigenvalue weighted by molar-refractivity contribution is 6.32. The number of fused-ring (bicyclic) bond motifs is 1. The molecule has 2 atom stereocenters. The number of carbonyl (C=O) groups excluding carboxylic acids is 1. The first-order valence-corrected chi connectivity index (χ1v) is 11.9. The molecule has 198 valence electrons. The fourth-order valence-corrected chi connectivity index (χ4v) is 4.43. The van der Waals surface area contributed by atoms with Gasteiger partial charge in [-0.2, -0.15) is 4.98 Å². The molecule has 3 aromatic rings. The highest BCUT2D eigenvalue weighted by Gasteiger charge is 2.48. The Morgan fingerprint density at radius 2 is 1.97 bits per heavy atom. The van der Waals surface area contributed by atoms with E-state index in [0.717, 1.165) is 0 Å². The van der Waals surface area contributed by atoms with E-state index in [1.54, 1.807) is 23.1 Å². The lowest BCUT2D eigenvalue weighted by Crippen LogP contribution is -2.60. The zero-order valence-corrected chi connectivity index (χ0v) is 21.2. The lowest BCUT2D eigenvalue weighted by Gasteiger charge is -2.40. The van der Waals surface area contributed by atoms with Crippen molar-refractivity contribution in [2.45, 2.75) is 31.9 Å². The standard InChI is InChI=1S/C23H27ClF2N8O3/c1-12-10-33(11-17(27)23(12,25)26)22-29-9-14(24)19(31-22)30-13-4-5-15-16(8-13)34(7-6-18(35)28-2)21(37)20(36)32(15)3/h4-5,8-9,12,17H,6-7,10-11,27H2,1-3H3,(H,28,35)(H,29,30,31). The second-order valence-corrected chi connectivity index (χ2v) is 9.43. The molecule has 0 radical (unpaired) electrons. The van der Waals surface area contributed by atoms with Gasteiger partial charge in [0.1, 0.15) is 5.02 Å². The van der Waals surface area contributed by atoms with Crippen molar-refractivity contribution in [3.05, 3.63) is 50.1 Å². The zero-order valence-electron chi connectivity index (χ0n) is 20.5. The van der Waals surface area contributed by atoms with Gasteiger partial charge in [0.25, 0.3) is 5.92 Å². The van der Waals surface area contributed by atoms with Crippen molar-refractivity contribution in [1.82, 2.24) is 24.4 Å². The molecule has 3 heterocycles. The highest BCUT2D eigenvalue weighted by atomic mass is 35.5. The lowest BCUT2D eigenvalue weighted by atomic mass is 9.92. The van der Waals surface area contributed by atoms with Crippen LogP contribution in [0, 0.1) is 5.92 Å². The number of amides is 1. The fraction of sp³-hybridized carbons (Fsp3) is 0.435. The third-order valence-corrected chi connectivity index (χ3v) is 6.82. The Hall–Kier alpha value is -3.58. The van der Waals surface area contributed by atoms with Gasteiger partial charge in [0, 0.05) is 51.8 Å². The van der Waals surface area contributed by atoms with Crippen molar-refractivity contribution in [2.24, 2.45) is 18.7 Å². The maximum absolute atomic E-state index is 14.2. The Bertz CT molecular complexity index is 1460. The van der Waals surface area contributed by atoms with Crippen LogP contribution in [0.1, 0.15) is 13.3 Å². The monoisotopic (exact) mass is 536 g/mol. The van der Waals surface area contributed by atoms with E-state index < -0.39 is 29.0 Å². The maximum Gasteiger partial charge on any atom is 0.316 e. The zero-order chi connectivity index (χ0) is 27.1. The summed E-state index contributed by atoms with van der Waals surface area (Å²) < 4.78 is 30.9. The first-order valence-electron chi connectivity index (χ1n) is 11.6. The number of aryl methyl sites for hydroxylation is 2. The van der Waals surface area contributed by atoms with Crippen LogP contribution in [0.4, 0.5) is 26.2 Å². The molecule has 1 aliphatic rings. The average Bonchev–Trinajstić information content (AvgIpc) is 2.87. The normalized spacial score (nSPS) is 19.2. The Morgan fingerprint density at radius 3 is 2.65 bits per heavy atom. The van der Waals surface area contributed by atoms with Crippen molar-refractivity contribution in [3.8, 4) is 0 Å². The van der Waals surface area contributed by atoms with Gasteiger partial charge in [0.2, 0.25) is 11.9 Å². The van der Waals surface area contributed by atoms with E-state index in [1.807, 2.05) is 0 Å². The van der Waals surface area contributed by atoms with E-state index >= 15 is 0 Å². The predicted molar refractivity (Wildman–Crippen MR) is 137 cm³/mol. The molecule has 11 nitrogen and oxygen atoms in total. The second kappa shape index (κ2) is 10.1. The van der Waals surface area contributed by atoms with E-state index in [0.29, 0.717) is 16.7 Å². The first-order chi connectivity index (χ1) is 17.4. The van der Waals surface area contributed by atoms with Gasteiger partial charge in [-0.3, -0.25) is 14.4 Å². The number of nitrogens with two attached hydrogens (primary N) is 1. The lowest BCUT2D eigenvalue weighted by molar-refractivity contribution is -0.120. The number of halogens is 3. The van der Waals surface area contributed by atoms with Crippen LogP contribution < -0.4 is 32.4 Å². The van der Waals surface area contributed by atoms with E-state index in [-0.39, 0.29) is 48.8 Å². The molecule has 1 amide bonds. The Labute approximate surface area is 215 Å². The number of nitrogens with one attached hydrogen (secondary N) is 2. The smallest absolute Gasteiger partial charge is 0.316 e. The largest absolute Gasteiger partial charge is 0.359 e. The second-order valence-electron chi connectivity index (χ2n) is 9.03. The van der Waals surface area contributed by atoms with Crippen LogP contribution in [0.3, 0.4) is 0 Å². The average molecular weight is 537 g/mol. The van der Waals surface area contributed by atoms with Crippen LogP contribution in [-0.4, -0.2) is 57.1 Å². The molecule has 0 aliphatic carbocycles. The summed E-state index contributed by atoms with van der Waals surface area (Å²) in [5.74, 6) is -3.86. The summed E-state index contributed by atoms with van der Waals surface area (Å²) in [6.45, 7) is 1.32. The van der Waals surface area contributed by atoms with Crippen molar-refractivity contribution in [3.63, 3.8) is 0 Å². The van der Waals surface area contributed by atoms with E-state index in [2.05, 4.69) is 20.6 Å². The van der Waals surface area contributed by atoms with Gasteiger partial charge in [-0.25, -0.2) is 13.8 Å². The van der Waals surface area contributed by atoms with Crippen LogP contribution in [-0.2, 0) is 18.4 Å². The number of rotatable bonds is 6. The number of alkyl halides is 2. The van der Waals surface area contributed by atoms with Crippen LogP contribution in [0.2, 0.25) is 5.02 Å². The van der Waals surface area contributed by atoms with Crippen LogP contribution in [0.25, 0.3) is 11.0 Å². The molecule has 2 unspecified atom stereocenters. The molecule has 1 saturated heterocycles. The van der Waals surface area contributed by atoms with Crippen molar-refractivity contribution in [2.75, 3.05) is 30.4 Å². The van der Waals surface area contributed by atoms with Crippen LogP contribution in [0.15, 0.2) is 34.0 Å². The molecule has 1 aromatic carbocycles. The number of piperidine rings is 1. The summed E-state index contributed by atoms with van der Waals surface area (Å²) in [5, 5.41) is 5.74. The van der Waals surface area contributed by atoms with Gasteiger partial charge in [0.15, 0.2) is 5.82 Å². The van der Waals surface area contributed by atoms with Gasteiger partial charge in [-0.15, -0.1) is 0 Å². The minimum atomic E-state index is -3.00. The molecule has 4 rings (SSSR count). The predicted octanol–water partition coefficient (Wildman–Crippen LogP) is 1.44. The Kier molecular flexibility index (Phi) is 7.20. The summed E-state index contributed by atoms with van der Waals surface area (Å²) in [6.07, 6.45) is 1.37. The molecule has 0 saturated carbocycles. The van der Waals surface area contributed by atoms with Gasteiger partial charge in [-0.05, 0) is 18.2 Å². The van der Waals surface area contributed by atoms with Gasteiger partial charge < -0.3 is 30.4 Å². The molecule has 37 heavy (non-hydrogen) atoms. The summed E-state index contributed by atoms with van der Waals surface area (Å²) in [5.41, 5.74) is 5.63. The minimum Gasteiger partial charge on any atom is -0.359 e. The number of nitrogens with zero attached hydrogens (tertiary/aromatic N) is 5. The van der Waals surface area contributed by atoms with Crippen LogP contribution >= 0.6 is 11.6 Å². The van der Waals surface area contributed by atoms with E-state index in [1.165, 1.54) is 36.4 Å². The highest BCUT2D eigenvalue weighted by Crippen LogP contribution is 2.34. The summed E-state index contributed by atoms with van der Waals surface area (Å²) in [7, 11) is 2.97. The number of carbonyl (C=O) groups is 1. The van der Waals surface area contributed by atoms with Crippen molar-refractivity contribution in [1.29, 1.82) is 0 Å². The van der Waals surface area contributed by atoms with Gasteiger partial charge in [0.05, 0.1) is 23.3 Å². The number of hydrogen-bond donors (Lipinski definition) is 3. The molecule has 4 N–H and O–H groups in total. The summed E-state index contributed by atoms with van der Waals surface area (Å²) in [6, 6.07) is 3.59. The Morgan fingerprint density at radius 1 is 1.24 bits per heavy atom. The minimum absolute atomic E-state index is 0.00495.